The van der Waals surface area contributed by atoms with Gasteiger partial charge in [-0.1, -0.05) is 17.9 Å². The standard InChI is InChI=1S/C42H48F2N12O6S/c1-50-37-28(4-2-6-32(37)56(42(50)60)33-11-12-35(57)48-41(33)59)5-3-14-51-16-18-52(19-17-51)25-27-7-9-29(10-8-27)55-26-31(36(49-55)38(43)44)46-40(58)30-24-45-54-15-13-34(47-39(30)54)53-20-22-63(61,62)23-21-53/h2,4,6,13,15,24,26-27,29,33,38H,7-12,14,16-23,25H2,1H3,(H,46,58)(H,48,57,59). The molecule has 2 N–H and O–H groups in total. The number of aromatic nitrogens is 7. The van der Waals surface area contributed by atoms with Crippen LogP contribution in [0.5, 0.6) is 0 Å². The molecule has 1 atom stereocenters. The first-order valence-electron chi connectivity index (χ1n) is 21.3. The average Bonchev–Trinajstić information content (AvgIpc) is 3.96. The van der Waals surface area contributed by atoms with E-state index in [4.69, 9.17) is 0 Å². The Hall–Kier alpha value is -5.98. The SMILES string of the molecule is Cn1c(=O)n(C2CCC(=O)NC2=O)c2cccc(C#CCN3CCN(CC4CCC(n5cc(NC(=O)c6cnn7ccc(N8CCS(=O)(=O)CC8)nc67)c(C(F)F)n5)CC4)CC3)c21. The maximum Gasteiger partial charge on any atom is 0.329 e. The monoisotopic (exact) mass is 886 g/mol. The number of imidazole rings is 1. The number of rotatable bonds is 9. The molecule has 0 radical (unpaired) electrons. The van der Waals surface area contributed by atoms with Gasteiger partial charge in [0.2, 0.25) is 11.8 Å². The molecule has 9 rings (SSSR count). The molecule has 4 aliphatic rings. The van der Waals surface area contributed by atoms with Crippen molar-refractivity contribution in [3.8, 4) is 11.8 Å². The van der Waals surface area contributed by atoms with Crippen LogP contribution in [0.3, 0.4) is 0 Å². The Balaban J connectivity index is 0.769. The van der Waals surface area contributed by atoms with Crippen LogP contribution >= 0.6 is 0 Å². The molecule has 4 aromatic heterocycles. The van der Waals surface area contributed by atoms with E-state index in [1.54, 1.807) is 30.1 Å². The predicted octanol–water partition coefficient (Wildman–Crippen LogP) is 2.38. The normalized spacial score (nSPS) is 22.3. The van der Waals surface area contributed by atoms with Gasteiger partial charge in [-0.3, -0.25) is 38.4 Å². The summed E-state index contributed by atoms with van der Waals surface area (Å²) >= 11 is 0. The van der Waals surface area contributed by atoms with Gasteiger partial charge in [-0.25, -0.2) is 31.5 Å². The molecule has 3 saturated heterocycles. The van der Waals surface area contributed by atoms with E-state index in [-0.39, 0.29) is 72.0 Å². The third-order valence-corrected chi connectivity index (χ3v) is 14.4. The number of alkyl halides is 2. The zero-order chi connectivity index (χ0) is 44.0. The van der Waals surface area contributed by atoms with Crippen LogP contribution in [0.15, 0.2) is 47.7 Å². The van der Waals surface area contributed by atoms with Crippen LogP contribution in [-0.2, 0) is 26.5 Å². The number of hydrogen-bond acceptors (Lipinski definition) is 12. The third-order valence-electron chi connectivity index (χ3n) is 12.8. The van der Waals surface area contributed by atoms with E-state index in [0.29, 0.717) is 34.9 Å². The number of imide groups is 1. The van der Waals surface area contributed by atoms with Crippen molar-refractivity contribution in [2.75, 3.05) is 74.1 Å². The quantitative estimate of drug-likeness (QED) is 0.163. The molecule has 1 unspecified atom stereocenters. The first-order chi connectivity index (χ1) is 30.3. The van der Waals surface area contributed by atoms with Gasteiger partial charge >= 0.3 is 5.69 Å². The van der Waals surface area contributed by atoms with Crippen molar-refractivity contribution in [3.63, 3.8) is 0 Å². The Morgan fingerprint density at radius 1 is 0.984 bits per heavy atom. The molecule has 4 fully saturated rings. The number of piperidine rings is 1. The van der Waals surface area contributed by atoms with E-state index in [1.807, 2.05) is 17.0 Å². The minimum atomic E-state index is -3.10. The number of para-hydroxylation sites is 1. The zero-order valence-corrected chi connectivity index (χ0v) is 35.6. The largest absolute Gasteiger partial charge is 0.354 e. The van der Waals surface area contributed by atoms with E-state index in [9.17, 15) is 36.4 Å². The van der Waals surface area contributed by atoms with Gasteiger partial charge in [-0.15, -0.1) is 0 Å². The number of hydrogen-bond donors (Lipinski definition) is 2. The number of amides is 3. The van der Waals surface area contributed by atoms with Gasteiger partial charge in [-0.2, -0.15) is 10.2 Å². The van der Waals surface area contributed by atoms with Crippen LogP contribution in [0, 0.1) is 17.8 Å². The molecule has 7 heterocycles. The number of nitrogens with one attached hydrogen (secondary N) is 2. The predicted molar refractivity (Wildman–Crippen MR) is 228 cm³/mol. The van der Waals surface area contributed by atoms with E-state index >= 15 is 0 Å². The Labute approximate surface area is 361 Å². The van der Waals surface area contributed by atoms with Gasteiger partial charge in [0.05, 0.1) is 52.6 Å². The second kappa shape index (κ2) is 17.3. The van der Waals surface area contributed by atoms with Crippen molar-refractivity contribution >= 4 is 55.7 Å². The summed E-state index contributed by atoms with van der Waals surface area (Å²) in [4.78, 5) is 62.3. The van der Waals surface area contributed by atoms with Crippen LogP contribution in [0.2, 0.25) is 0 Å². The molecule has 1 saturated carbocycles. The van der Waals surface area contributed by atoms with Crippen molar-refractivity contribution in [2.45, 2.75) is 57.0 Å². The summed E-state index contributed by atoms with van der Waals surface area (Å²) in [5, 5.41) is 13.4. The number of nitrogens with zero attached hydrogens (tertiary/aromatic N) is 10. The maximum absolute atomic E-state index is 14.3. The Morgan fingerprint density at radius 3 is 2.46 bits per heavy atom. The van der Waals surface area contributed by atoms with Crippen molar-refractivity contribution in [3.05, 3.63) is 70.2 Å². The summed E-state index contributed by atoms with van der Waals surface area (Å²) in [6, 6.07) is 6.34. The van der Waals surface area contributed by atoms with Gasteiger partial charge in [0, 0.05) is 71.7 Å². The van der Waals surface area contributed by atoms with Crippen LogP contribution in [-0.4, -0.2) is 133 Å². The molecule has 5 aromatic rings. The topological polar surface area (TPSA) is 194 Å². The van der Waals surface area contributed by atoms with Crippen LogP contribution in [0.4, 0.5) is 20.3 Å². The number of sulfone groups is 1. The zero-order valence-electron chi connectivity index (χ0n) is 34.8. The van der Waals surface area contributed by atoms with E-state index in [0.717, 1.165) is 58.4 Å². The molecule has 21 heteroatoms. The fourth-order valence-corrected chi connectivity index (χ4v) is 10.5. The number of aryl methyl sites for hydroxylation is 1. The van der Waals surface area contributed by atoms with Gasteiger partial charge in [0.15, 0.2) is 21.2 Å². The lowest BCUT2D eigenvalue weighted by molar-refractivity contribution is -0.135. The molecule has 0 spiro atoms. The summed E-state index contributed by atoms with van der Waals surface area (Å²) in [6.45, 7) is 5.56. The van der Waals surface area contributed by atoms with Gasteiger partial charge in [-0.05, 0) is 56.2 Å². The fraction of sp³-hybridized carbons (Fsp3) is 0.500. The third kappa shape index (κ3) is 8.71. The average molecular weight is 887 g/mol. The number of carbonyl (C=O) groups is 3. The van der Waals surface area contributed by atoms with Crippen LogP contribution in [0.25, 0.3) is 16.7 Å². The molecule has 3 aliphatic heterocycles. The number of benzene rings is 1. The maximum atomic E-state index is 14.3. The van der Waals surface area contributed by atoms with E-state index in [1.165, 1.54) is 26.0 Å². The second-order valence-electron chi connectivity index (χ2n) is 16.8. The molecule has 18 nitrogen and oxygen atoms in total. The first kappa shape index (κ1) is 42.3. The summed E-state index contributed by atoms with van der Waals surface area (Å²) in [5.74, 6) is 6.05. The first-order valence-corrected chi connectivity index (χ1v) is 23.1. The van der Waals surface area contributed by atoms with Crippen molar-refractivity contribution < 1.29 is 31.6 Å². The highest BCUT2D eigenvalue weighted by Gasteiger charge is 2.33. The number of halogens is 2. The molecule has 332 valence electrons. The summed E-state index contributed by atoms with van der Waals surface area (Å²) in [7, 11) is -1.44. The smallest absolute Gasteiger partial charge is 0.329 e. The number of carbonyl (C=O) groups excluding carboxylic acids is 3. The number of anilines is 2. The highest BCUT2D eigenvalue weighted by Crippen LogP contribution is 2.36. The highest BCUT2D eigenvalue weighted by molar-refractivity contribution is 7.91. The highest BCUT2D eigenvalue weighted by atomic mass is 32.2. The molecule has 1 aromatic carbocycles. The van der Waals surface area contributed by atoms with E-state index in [2.05, 4.69) is 47.5 Å². The van der Waals surface area contributed by atoms with E-state index < -0.39 is 39.8 Å². The Bertz CT molecular complexity index is 2810. The molecule has 1 aliphatic carbocycles. The molecule has 63 heavy (non-hydrogen) atoms. The van der Waals surface area contributed by atoms with Crippen LogP contribution in [0.1, 0.15) is 78.6 Å². The summed E-state index contributed by atoms with van der Waals surface area (Å²) < 4.78 is 58.3. The fourth-order valence-electron chi connectivity index (χ4n) is 9.28. The minimum Gasteiger partial charge on any atom is -0.354 e. The van der Waals surface area contributed by atoms with Crippen molar-refractivity contribution in [1.82, 2.24) is 48.6 Å². The Morgan fingerprint density at radius 2 is 1.73 bits per heavy atom. The molecular weight excluding hydrogens is 839 g/mol. The molecule has 0 bridgehead atoms. The molecule has 3 amide bonds. The van der Waals surface area contributed by atoms with Gasteiger partial charge in [0.1, 0.15) is 17.4 Å². The lowest BCUT2D eigenvalue weighted by Gasteiger charge is -2.37. The molecular formula is C42H48F2N12O6S. The number of piperazine rings is 1. The Kier molecular flexibility index (Phi) is 11.6. The van der Waals surface area contributed by atoms with Gasteiger partial charge in [0.25, 0.3) is 12.3 Å². The minimum absolute atomic E-state index is 0.00643. The van der Waals surface area contributed by atoms with Gasteiger partial charge < -0.3 is 15.1 Å². The lowest BCUT2D eigenvalue weighted by atomic mass is 9.85. The number of fused-ring (bicyclic) bond motifs is 2. The second-order valence-corrected chi connectivity index (χ2v) is 19.1. The lowest BCUT2D eigenvalue weighted by Crippen LogP contribution is -2.48. The summed E-state index contributed by atoms with van der Waals surface area (Å²) in [5.41, 5.74) is 1.37. The van der Waals surface area contributed by atoms with Crippen molar-refractivity contribution in [2.24, 2.45) is 13.0 Å². The van der Waals surface area contributed by atoms with Crippen molar-refractivity contribution in [1.29, 1.82) is 0 Å². The van der Waals surface area contributed by atoms with Crippen LogP contribution < -0.4 is 21.2 Å². The summed E-state index contributed by atoms with van der Waals surface area (Å²) in [6.07, 6.45) is 5.34.